The predicted octanol–water partition coefficient (Wildman–Crippen LogP) is 13.8. The maximum absolute atomic E-state index is 5.34. The summed E-state index contributed by atoms with van der Waals surface area (Å²) < 4.78 is 4.94. The summed E-state index contributed by atoms with van der Waals surface area (Å²) in [4.78, 5) is 10.7. The van der Waals surface area contributed by atoms with Crippen LogP contribution < -0.4 is 5.32 Å². The van der Waals surface area contributed by atoms with Gasteiger partial charge in [-0.15, -0.1) is 0 Å². The van der Waals surface area contributed by atoms with Gasteiger partial charge in [-0.2, -0.15) is 0 Å². The van der Waals surface area contributed by atoms with E-state index in [2.05, 4.69) is 221 Å². The van der Waals surface area contributed by atoms with Gasteiger partial charge in [0.2, 0.25) is 0 Å². The lowest BCUT2D eigenvalue weighted by atomic mass is 10.0. The maximum atomic E-state index is 5.34. The van der Waals surface area contributed by atoms with Crippen LogP contribution in [0.15, 0.2) is 222 Å². The minimum absolute atomic E-state index is 0.312. The van der Waals surface area contributed by atoms with Crippen molar-refractivity contribution < 1.29 is 0 Å². The molecule has 5 heteroatoms. The summed E-state index contributed by atoms with van der Waals surface area (Å²) in [6.07, 6.45) is -0.312. The molecule has 2 aromatic heterocycles. The Hall–Kier alpha value is -8.28. The number of nitrogens with zero attached hydrogens (tertiary/aromatic N) is 4. The molecule has 1 unspecified atom stereocenters. The fourth-order valence-electron chi connectivity index (χ4n) is 9.96. The predicted molar refractivity (Wildman–Crippen MR) is 259 cm³/mol. The van der Waals surface area contributed by atoms with Gasteiger partial charge < -0.3 is 14.5 Å². The van der Waals surface area contributed by atoms with Gasteiger partial charge in [0.1, 0.15) is 12.0 Å². The van der Waals surface area contributed by atoms with E-state index in [1.165, 1.54) is 54.1 Å². The molecule has 0 spiro atoms. The smallest absolute Gasteiger partial charge is 0.160 e. The van der Waals surface area contributed by atoms with Gasteiger partial charge >= 0.3 is 0 Å². The first-order chi connectivity index (χ1) is 30.8. The highest BCUT2D eigenvalue weighted by Crippen LogP contribution is 2.45. The molecule has 0 saturated heterocycles. The van der Waals surface area contributed by atoms with Crippen molar-refractivity contribution in [3.63, 3.8) is 0 Å². The summed E-state index contributed by atoms with van der Waals surface area (Å²) in [6, 6.07) is 76.3. The maximum Gasteiger partial charge on any atom is 0.160 e. The van der Waals surface area contributed by atoms with Crippen molar-refractivity contribution in [2.45, 2.75) is 6.17 Å². The Labute approximate surface area is 357 Å². The van der Waals surface area contributed by atoms with Crippen molar-refractivity contribution in [1.29, 1.82) is 0 Å². The number of nitrogens with one attached hydrogen (secondary N) is 1. The minimum Gasteiger partial charge on any atom is -0.344 e. The third kappa shape index (κ3) is 5.22. The van der Waals surface area contributed by atoms with E-state index < -0.39 is 0 Å². The molecule has 5 nitrogen and oxygen atoms in total. The Bertz CT molecular complexity index is 3840. The van der Waals surface area contributed by atoms with Crippen LogP contribution in [0.5, 0.6) is 0 Å². The molecule has 0 fully saturated rings. The molecule has 1 atom stereocenters. The third-order valence-corrected chi connectivity index (χ3v) is 12.7. The average Bonchev–Trinajstić information content (AvgIpc) is 3.87. The summed E-state index contributed by atoms with van der Waals surface area (Å²) in [5.74, 6) is 1.50. The second kappa shape index (κ2) is 13.6. The van der Waals surface area contributed by atoms with Crippen LogP contribution in [0.1, 0.15) is 22.9 Å². The molecule has 1 aliphatic heterocycles. The molecule has 0 amide bonds. The van der Waals surface area contributed by atoms with Crippen LogP contribution in [0.3, 0.4) is 0 Å². The van der Waals surface area contributed by atoms with E-state index in [9.17, 15) is 0 Å². The molecule has 0 radical (unpaired) electrons. The SMILES string of the molecule is c1ccc(C2N=C(c3ccc(-n4c5ccc6ccccc6c5c5c4ccc4c6ccccc6n(-c6ccccc6)c45)c4ccccc34)N=C(c3ccc4ccccc4c3)N2)cc1. The fraction of sp³-hybridized carbons (Fsp3) is 0.0175. The summed E-state index contributed by atoms with van der Waals surface area (Å²) in [6.45, 7) is 0. The highest BCUT2D eigenvalue weighted by molar-refractivity contribution is 6.31. The van der Waals surface area contributed by atoms with Gasteiger partial charge in [-0.3, -0.25) is 0 Å². The molecular formula is C57H37N5. The first-order valence-corrected chi connectivity index (χ1v) is 21.2. The van der Waals surface area contributed by atoms with Gasteiger partial charge in [0.15, 0.2) is 5.84 Å². The zero-order valence-corrected chi connectivity index (χ0v) is 33.6. The van der Waals surface area contributed by atoms with E-state index in [4.69, 9.17) is 9.98 Å². The molecule has 1 aliphatic rings. The van der Waals surface area contributed by atoms with Gasteiger partial charge in [0.25, 0.3) is 0 Å². The Morgan fingerprint density at radius 3 is 1.90 bits per heavy atom. The Balaban J connectivity index is 1.09. The standard InChI is InChI=1S/C57H37N5/c1-3-17-38(18-4-1)55-58-56(40-28-27-36-15-7-8-19-39(36)35-40)60-57(59-55)47-31-33-49(44-24-12-11-23-43(44)47)62-50-32-29-37-16-9-10-22-42(37)52(50)53-51(62)34-30-46-45-25-13-14-26-48(45)61(54(46)53)41-20-5-2-6-21-41/h1-35,55H,(H,58,59,60). The summed E-state index contributed by atoms with van der Waals surface area (Å²) in [5, 5.41) is 15.7. The second-order valence-corrected chi connectivity index (χ2v) is 16.2. The van der Waals surface area contributed by atoms with Crippen molar-refractivity contribution in [1.82, 2.24) is 14.5 Å². The van der Waals surface area contributed by atoms with E-state index in [-0.39, 0.29) is 6.17 Å². The molecule has 13 rings (SSSR count). The Morgan fingerprint density at radius 1 is 0.419 bits per heavy atom. The van der Waals surface area contributed by atoms with Crippen LogP contribution in [0.4, 0.5) is 0 Å². The molecular weight excluding hydrogens is 755 g/mol. The van der Waals surface area contributed by atoms with Gasteiger partial charge in [-0.25, -0.2) is 9.98 Å². The van der Waals surface area contributed by atoms with E-state index in [1.54, 1.807) is 0 Å². The van der Waals surface area contributed by atoms with Gasteiger partial charge in [-0.1, -0.05) is 164 Å². The number of rotatable bonds is 5. The number of aromatic nitrogens is 2. The van der Waals surface area contributed by atoms with Crippen molar-refractivity contribution >= 4 is 87.6 Å². The van der Waals surface area contributed by atoms with E-state index in [0.29, 0.717) is 5.84 Å². The zero-order chi connectivity index (χ0) is 40.7. The van der Waals surface area contributed by atoms with Gasteiger partial charge in [0.05, 0.1) is 27.8 Å². The summed E-state index contributed by atoms with van der Waals surface area (Å²) in [5.41, 5.74) is 10.1. The topological polar surface area (TPSA) is 46.6 Å². The van der Waals surface area contributed by atoms with Crippen molar-refractivity contribution in [2.24, 2.45) is 9.98 Å². The number of fused-ring (bicyclic) bond motifs is 11. The van der Waals surface area contributed by atoms with Gasteiger partial charge in [0, 0.05) is 43.7 Å². The molecule has 0 bridgehead atoms. The fourth-order valence-corrected chi connectivity index (χ4v) is 9.96. The summed E-state index contributed by atoms with van der Waals surface area (Å²) in [7, 11) is 0. The lowest BCUT2D eigenvalue weighted by Crippen LogP contribution is -2.33. The lowest BCUT2D eigenvalue weighted by Gasteiger charge is -2.24. The van der Waals surface area contributed by atoms with Crippen LogP contribution in [-0.4, -0.2) is 20.8 Å². The summed E-state index contributed by atoms with van der Waals surface area (Å²) >= 11 is 0. The van der Waals surface area contributed by atoms with E-state index in [1.807, 2.05) is 6.07 Å². The highest BCUT2D eigenvalue weighted by Gasteiger charge is 2.26. The molecule has 0 aliphatic carbocycles. The molecule has 3 heterocycles. The van der Waals surface area contributed by atoms with Crippen LogP contribution >= 0.6 is 0 Å². The molecule has 290 valence electrons. The molecule has 62 heavy (non-hydrogen) atoms. The molecule has 12 aromatic rings. The minimum atomic E-state index is -0.312. The molecule has 1 N–H and O–H groups in total. The highest BCUT2D eigenvalue weighted by atomic mass is 15.2. The van der Waals surface area contributed by atoms with Crippen molar-refractivity contribution in [2.75, 3.05) is 0 Å². The normalized spacial score (nSPS) is 14.3. The van der Waals surface area contributed by atoms with Crippen LogP contribution in [0.25, 0.3) is 87.3 Å². The quantitative estimate of drug-likeness (QED) is 0.185. The number of benzene rings is 10. The van der Waals surface area contributed by atoms with Gasteiger partial charge in [-0.05, 0) is 81.0 Å². The first kappa shape index (κ1) is 34.6. The Kier molecular flexibility index (Phi) is 7.60. The van der Waals surface area contributed by atoms with Crippen molar-refractivity contribution in [3.8, 4) is 11.4 Å². The first-order valence-electron chi connectivity index (χ1n) is 21.2. The lowest BCUT2D eigenvalue weighted by molar-refractivity contribution is 0.674. The third-order valence-electron chi connectivity index (χ3n) is 12.7. The second-order valence-electron chi connectivity index (χ2n) is 16.2. The number of hydrogen-bond donors (Lipinski definition) is 1. The van der Waals surface area contributed by atoms with E-state index >= 15 is 0 Å². The molecule has 10 aromatic carbocycles. The molecule has 0 saturated carbocycles. The van der Waals surface area contributed by atoms with Crippen LogP contribution in [-0.2, 0) is 0 Å². The van der Waals surface area contributed by atoms with Crippen LogP contribution in [0.2, 0.25) is 0 Å². The zero-order valence-electron chi connectivity index (χ0n) is 33.6. The number of aliphatic imine (C=N–C) groups is 2. The van der Waals surface area contributed by atoms with Crippen molar-refractivity contribution in [3.05, 3.63) is 229 Å². The largest absolute Gasteiger partial charge is 0.344 e. The van der Waals surface area contributed by atoms with Crippen LogP contribution in [0, 0.1) is 0 Å². The van der Waals surface area contributed by atoms with E-state index in [0.717, 1.165) is 55.7 Å². The average molecular weight is 792 g/mol. The number of hydrogen-bond acceptors (Lipinski definition) is 3. The number of amidine groups is 2. The number of para-hydroxylation sites is 2. The monoisotopic (exact) mass is 791 g/mol. The Morgan fingerprint density at radius 2 is 1.06 bits per heavy atom.